The topological polar surface area (TPSA) is 55.3 Å². The summed E-state index contributed by atoms with van der Waals surface area (Å²) in [6, 6.07) is 0.357. The van der Waals surface area contributed by atoms with Gasteiger partial charge in [-0.15, -0.1) is 0 Å². The van der Waals surface area contributed by atoms with Crippen LogP contribution in [0.5, 0.6) is 0 Å². The van der Waals surface area contributed by atoms with Crippen LogP contribution >= 0.6 is 0 Å². The molecule has 0 spiro atoms. The van der Waals surface area contributed by atoms with Gasteiger partial charge < -0.3 is 11.5 Å². The van der Waals surface area contributed by atoms with Crippen molar-refractivity contribution in [1.82, 2.24) is 4.90 Å². The van der Waals surface area contributed by atoms with Crippen molar-refractivity contribution >= 4 is 0 Å². The summed E-state index contributed by atoms with van der Waals surface area (Å²) in [5, 5.41) is 0. The van der Waals surface area contributed by atoms with Crippen LogP contribution in [0.4, 0.5) is 0 Å². The lowest BCUT2D eigenvalue weighted by Crippen LogP contribution is -2.39. The van der Waals surface area contributed by atoms with Gasteiger partial charge in [-0.05, 0) is 13.3 Å². The zero-order valence-corrected chi connectivity index (χ0v) is 5.88. The van der Waals surface area contributed by atoms with Gasteiger partial charge in [0.2, 0.25) is 0 Å². The van der Waals surface area contributed by atoms with E-state index in [1.54, 1.807) is 0 Å². The van der Waals surface area contributed by atoms with E-state index in [1.807, 2.05) is 6.92 Å². The average molecular weight is 129 g/mol. The molecule has 1 saturated heterocycles. The molecular weight excluding hydrogens is 114 g/mol. The predicted molar refractivity (Wildman–Crippen MR) is 37.8 cm³/mol. The monoisotopic (exact) mass is 129 g/mol. The third-order valence-electron chi connectivity index (χ3n) is 1.83. The van der Waals surface area contributed by atoms with Gasteiger partial charge in [0, 0.05) is 19.1 Å². The number of hydrogen-bond acceptors (Lipinski definition) is 3. The summed E-state index contributed by atoms with van der Waals surface area (Å²) in [5.74, 6) is 0. The first-order valence-corrected chi connectivity index (χ1v) is 3.45. The Morgan fingerprint density at radius 2 is 2.33 bits per heavy atom. The van der Waals surface area contributed by atoms with Gasteiger partial charge in [0.25, 0.3) is 0 Å². The van der Waals surface area contributed by atoms with Crippen LogP contribution in [0.3, 0.4) is 0 Å². The molecule has 0 aliphatic carbocycles. The summed E-state index contributed by atoms with van der Waals surface area (Å²) in [6.07, 6.45) is 1.28. The first kappa shape index (κ1) is 6.99. The van der Waals surface area contributed by atoms with Crippen molar-refractivity contribution < 1.29 is 0 Å². The highest BCUT2D eigenvalue weighted by Crippen LogP contribution is 2.07. The van der Waals surface area contributed by atoms with Crippen LogP contribution in [0, 0.1) is 0 Å². The highest BCUT2D eigenvalue weighted by Gasteiger charge is 2.20. The summed E-state index contributed by atoms with van der Waals surface area (Å²) in [6.45, 7) is 4.04. The Balaban J connectivity index is 2.30. The maximum absolute atomic E-state index is 5.67. The number of rotatable bonds is 1. The lowest BCUT2D eigenvalue weighted by Gasteiger charge is -2.18. The summed E-state index contributed by atoms with van der Waals surface area (Å²) in [7, 11) is 0. The number of nitrogens with zero attached hydrogens (tertiary/aromatic N) is 1. The molecule has 3 heteroatoms. The number of likely N-dealkylation sites (tertiary alicyclic amines) is 1. The molecule has 1 fully saturated rings. The smallest absolute Gasteiger partial charge is 0.0543 e. The van der Waals surface area contributed by atoms with Gasteiger partial charge in [0.15, 0.2) is 0 Å². The third kappa shape index (κ3) is 1.64. The van der Waals surface area contributed by atoms with Gasteiger partial charge in [-0.25, -0.2) is 0 Å². The van der Waals surface area contributed by atoms with E-state index in [4.69, 9.17) is 11.5 Å². The minimum Gasteiger partial charge on any atom is -0.326 e. The molecule has 1 aliphatic rings. The summed E-state index contributed by atoms with van der Waals surface area (Å²) in [4.78, 5) is 2.20. The molecule has 4 N–H and O–H groups in total. The Morgan fingerprint density at radius 3 is 2.56 bits per heavy atom. The standard InChI is InChI=1S/C6H15N3/c1-5(7)9-3-2-6(8)4-9/h5-6H,2-4,7-8H2,1H3. The SMILES string of the molecule is CC(N)N1CCC(N)C1. The van der Waals surface area contributed by atoms with Crippen LogP contribution in [0.1, 0.15) is 13.3 Å². The van der Waals surface area contributed by atoms with E-state index in [9.17, 15) is 0 Å². The molecule has 0 saturated carbocycles. The van der Waals surface area contributed by atoms with Crippen LogP contribution in [-0.4, -0.2) is 30.2 Å². The second-order valence-electron chi connectivity index (χ2n) is 2.78. The molecule has 2 atom stereocenters. The first-order valence-electron chi connectivity index (χ1n) is 3.45. The zero-order chi connectivity index (χ0) is 6.85. The molecular formula is C6H15N3. The van der Waals surface area contributed by atoms with E-state index in [1.165, 1.54) is 0 Å². The molecule has 0 aromatic carbocycles. The van der Waals surface area contributed by atoms with E-state index < -0.39 is 0 Å². The Morgan fingerprint density at radius 1 is 1.67 bits per heavy atom. The second-order valence-corrected chi connectivity index (χ2v) is 2.78. The van der Waals surface area contributed by atoms with Crippen molar-refractivity contribution in [2.45, 2.75) is 25.6 Å². The average Bonchev–Trinajstić information content (AvgIpc) is 2.14. The van der Waals surface area contributed by atoms with E-state index >= 15 is 0 Å². The molecule has 0 amide bonds. The number of nitrogens with two attached hydrogens (primary N) is 2. The lowest BCUT2D eigenvalue weighted by atomic mass is 10.3. The van der Waals surface area contributed by atoms with Crippen molar-refractivity contribution in [3.8, 4) is 0 Å². The van der Waals surface area contributed by atoms with Gasteiger partial charge in [-0.2, -0.15) is 0 Å². The summed E-state index contributed by atoms with van der Waals surface area (Å²) < 4.78 is 0. The van der Waals surface area contributed by atoms with Crippen LogP contribution in [-0.2, 0) is 0 Å². The number of hydrogen-bond donors (Lipinski definition) is 2. The summed E-state index contributed by atoms with van der Waals surface area (Å²) >= 11 is 0. The fourth-order valence-electron chi connectivity index (χ4n) is 1.19. The zero-order valence-electron chi connectivity index (χ0n) is 5.88. The molecule has 2 unspecified atom stereocenters. The highest BCUT2D eigenvalue weighted by atomic mass is 15.2. The normalized spacial score (nSPS) is 33.0. The summed E-state index contributed by atoms with van der Waals surface area (Å²) in [5.41, 5.74) is 11.3. The Kier molecular flexibility index (Phi) is 2.05. The minimum atomic E-state index is 0.179. The second kappa shape index (κ2) is 2.64. The van der Waals surface area contributed by atoms with E-state index in [0.29, 0.717) is 6.04 Å². The van der Waals surface area contributed by atoms with E-state index in [2.05, 4.69) is 4.90 Å². The first-order chi connectivity index (χ1) is 4.20. The largest absolute Gasteiger partial charge is 0.326 e. The van der Waals surface area contributed by atoms with E-state index in [0.717, 1.165) is 19.5 Å². The fraction of sp³-hybridized carbons (Fsp3) is 1.00. The van der Waals surface area contributed by atoms with Crippen molar-refractivity contribution in [3.63, 3.8) is 0 Å². The lowest BCUT2D eigenvalue weighted by molar-refractivity contribution is 0.262. The maximum atomic E-state index is 5.67. The highest BCUT2D eigenvalue weighted by molar-refractivity contribution is 4.78. The third-order valence-corrected chi connectivity index (χ3v) is 1.83. The van der Waals surface area contributed by atoms with Crippen LogP contribution in [0.2, 0.25) is 0 Å². The predicted octanol–water partition coefficient (Wildman–Crippen LogP) is -0.676. The Labute approximate surface area is 56.0 Å². The molecule has 9 heavy (non-hydrogen) atoms. The Hall–Kier alpha value is -0.120. The maximum Gasteiger partial charge on any atom is 0.0543 e. The molecule has 1 heterocycles. The van der Waals surface area contributed by atoms with Crippen molar-refractivity contribution in [2.75, 3.05) is 13.1 Å². The molecule has 0 radical (unpaired) electrons. The van der Waals surface area contributed by atoms with Gasteiger partial charge in [-0.1, -0.05) is 0 Å². The Bertz CT molecular complexity index is 92.3. The van der Waals surface area contributed by atoms with Crippen LogP contribution < -0.4 is 11.5 Å². The molecule has 0 bridgehead atoms. The van der Waals surface area contributed by atoms with Gasteiger partial charge >= 0.3 is 0 Å². The van der Waals surface area contributed by atoms with Gasteiger partial charge in [-0.3, -0.25) is 4.90 Å². The molecule has 0 aromatic rings. The minimum absolute atomic E-state index is 0.179. The van der Waals surface area contributed by atoms with Crippen molar-refractivity contribution in [1.29, 1.82) is 0 Å². The van der Waals surface area contributed by atoms with Crippen molar-refractivity contribution in [2.24, 2.45) is 11.5 Å². The molecule has 1 rings (SSSR count). The van der Waals surface area contributed by atoms with Gasteiger partial charge in [0.1, 0.15) is 0 Å². The van der Waals surface area contributed by atoms with Crippen LogP contribution in [0.25, 0.3) is 0 Å². The van der Waals surface area contributed by atoms with Gasteiger partial charge in [0.05, 0.1) is 6.17 Å². The van der Waals surface area contributed by atoms with Crippen LogP contribution in [0.15, 0.2) is 0 Å². The molecule has 1 aliphatic heterocycles. The molecule has 3 nitrogen and oxygen atoms in total. The molecule has 0 aromatic heterocycles. The van der Waals surface area contributed by atoms with Crippen molar-refractivity contribution in [3.05, 3.63) is 0 Å². The molecule has 54 valence electrons. The fourth-order valence-corrected chi connectivity index (χ4v) is 1.19. The quantitative estimate of drug-likeness (QED) is 0.493. The van der Waals surface area contributed by atoms with E-state index in [-0.39, 0.29) is 6.17 Å².